The Morgan fingerprint density at radius 2 is 1.90 bits per heavy atom. The van der Waals surface area contributed by atoms with Crippen LogP contribution in [0.25, 0.3) is 0 Å². The van der Waals surface area contributed by atoms with Crippen LogP contribution in [0, 0.1) is 6.92 Å². The lowest BCUT2D eigenvalue weighted by Crippen LogP contribution is -2.49. The van der Waals surface area contributed by atoms with Crippen molar-refractivity contribution in [1.29, 1.82) is 0 Å². The Kier molecular flexibility index (Phi) is 3.14. The molecule has 1 aliphatic carbocycles. The fourth-order valence-electron chi connectivity index (χ4n) is 3.33. The summed E-state index contributed by atoms with van der Waals surface area (Å²) in [5.74, 6) is 0.996. The van der Waals surface area contributed by atoms with Crippen LogP contribution in [0.2, 0.25) is 0 Å². The van der Waals surface area contributed by atoms with E-state index in [4.69, 9.17) is 9.47 Å². The molecule has 112 valence electrons. The Balaban J connectivity index is 1.59. The van der Waals surface area contributed by atoms with Crippen LogP contribution in [0.3, 0.4) is 0 Å². The highest BCUT2D eigenvalue weighted by Crippen LogP contribution is 2.33. The summed E-state index contributed by atoms with van der Waals surface area (Å²) in [6, 6.07) is 6.35. The van der Waals surface area contributed by atoms with E-state index in [1.165, 1.54) is 0 Å². The summed E-state index contributed by atoms with van der Waals surface area (Å²) in [5, 5.41) is 0. The van der Waals surface area contributed by atoms with Crippen LogP contribution >= 0.6 is 0 Å². The third-order valence-electron chi connectivity index (χ3n) is 4.73. The number of hydrogen-bond acceptors (Lipinski definition) is 3. The van der Waals surface area contributed by atoms with Crippen LogP contribution in [-0.4, -0.2) is 42.2 Å². The maximum absolute atomic E-state index is 12.8. The zero-order valence-electron chi connectivity index (χ0n) is 12.4. The third-order valence-corrected chi connectivity index (χ3v) is 4.73. The number of nitrogens with zero attached hydrogens (tertiary/aromatic N) is 1. The Morgan fingerprint density at radius 3 is 2.57 bits per heavy atom. The van der Waals surface area contributed by atoms with E-state index in [-0.39, 0.29) is 18.0 Å². The summed E-state index contributed by atoms with van der Waals surface area (Å²) in [7, 11) is 0. The van der Waals surface area contributed by atoms with Gasteiger partial charge in [0.25, 0.3) is 5.91 Å². The van der Waals surface area contributed by atoms with Gasteiger partial charge in [0.1, 0.15) is 5.75 Å². The molecule has 4 heteroatoms. The number of carbonyl (C=O) groups excluding carboxylic acids is 1. The molecule has 0 aromatic heterocycles. The molecule has 0 radical (unpaired) electrons. The molecule has 1 saturated carbocycles. The molecule has 3 aliphatic rings. The van der Waals surface area contributed by atoms with E-state index in [0.717, 1.165) is 42.6 Å². The molecule has 0 spiro atoms. The molecule has 2 aliphatic heterocycles. The molecule has 2 heterocycles. The molecule has 2 bridgehead atoms. The van der Waals surface area contributed by atoms with Gasteiger partial charge in [-0.3, -0.25) is 4.79 Å². The summed E-state index contributed by atoms with van der Waals surface area (Å²) >= 11 is 0. The second-order valence-corrected chi connectivity index (χ2v) is 6.43. The van der Waals surface area contributed by atoms with Gasteiger partial charge in [0.05, 0.1) is 31.4 Å². The highest BCUT2D eigenvalue weighted by molar-refractivity contribution is 5.95. The Morgan fingerprint density at radius 1 is 1.19 bits per heavy atom. The monoisotopic (exact) mass is 287 g/mol. The van der Waals surface area contributed by atoms with E-state index in [2.05, 4.69) is 0 Å². The molecule has 2 unspecified atom stereocenters. The molecular formula is C17H21NO3. The van der Waals surface area contributed by atoms with Crippen LogP contribution in [0.1, 0.15) is 41.6 Å². The Labute approximate surface area is 125 Å². The van der Waals surface area contributed by atoms with Crippen molar-refractivity contribution in [2.75, 3.05) is 13.2 Å². The van der Waals surface area contributed by atoms with Gasteiger partial charge in [-0.1, -0.05) is 6.07 Å². The first-order valence-electron chi connectivity index (χ1n) is 7.90. The fraction of sp³-hybridized carbons (Fsp3) is 0.588. The van der Waals surface area contributed by atoms with E-state index in [0.29, 0.717) is 19.3 Å². The maximum atomic E-state index is 12.8. The van der Waals surface area contributed by atoms with Crippen molar-refractivity contribution in [2.45, 2.75) is 50.8 Å². The predicted molar refractivity (Wildman–Crippen MR) is 78.6 cm³/mol. The summed E-state index contributed by atoms with van der Waals surface area (Å²) in [6.45, 7) is 3.39. The highest BCUT2D eigenvalue weighted by atomic mass is 16.5. The summed E-state index contributed by atoms with van der Waals surface area (Å²) in [5.41, 5.74) is 1.85. The van der Waals surface area contributed by atoms with Crippen molar-refractivity contribution >= 4 is 5.91 Å². The van der Waals surface area contributed by atoms with Gasteiger partial charge in [0.15, 0.2) is 0 Å². The number of amides is 1. The average molecular weight is 287 g/mol. The molecule has 4 nitrogen and oxygen atoms in total. The number of ether oxygens (including phenoxy) is 2. The predicted octanol–water partition coefficient (Wildman–Crippen LogP) is 2.54. The van der Waals surface area contributed by atoms with Gasteiger partial charge in [0.2, 0.25) is 0 Å². The minimum absolute atomic E-state index is 0.131. The van der Waals surface area contributed by atoms with Gasteiger partial charge in [-0.2, -0.15) is 0 Å². The van der Waals surface area contributed by atoms with E-state index in [9.17, 15) is 4.79 Å². The lowest BCUT2D eigenvalue weighted by Gasteiger charge is -2.34. The van der Waals surface area contributed by atoms with Gasteiger partial charge < -0.3 is 14.4 Å². The highest BCUT2D eigenvalue weighted by Gasteiger charge is 2.40. The minimum atomic E-state index is 0.131. The smallest absolute Gasteiger partial charge is 0.254 e. The van der Waals surface area contributed by atoms with Gasteiger partial charge in [-0.05, 0) is 50.3 Å². The van der Waals surface area contributed by atoms with Crippen molar-refractivity contribution in [1.82, 2.24) is 4.90 Å². The molecule has 1 amide bonds. The molecule has 3 fully saturated rings. The van der Waals surface area contributed by atoms with Gasteiger partial charge in [0, 0.05) is 5.56 Å². The molecule has 21 heavy (non-hydrogen) atoms. The molecule has 0 N–H and O–H groups in total. The fourth-order valence-corrected chi connectivity index (χ4v) is 3.33. The molecule has 1 aromatic rings. The zero-order valence-corrected chi connectivity index (χ0v) is 12.4. The first-order chi connectivity index (χ1) is 10.2. The lowest BCUT2D eigenvalue weighted by atomic mass is 10.1. The molecule has 2 saturated heterocycles. The molecule has 4 rings (SSSR count). The number of aryl methyl sites for hydroxylation is 1. The number of benzene rings is 1. The number of rotatable bonds is 3. The Bertz CT molecular complexity index is 551. The summed E-state index contributed by atoms with van der Waals surface area (Å²) in [6.07, 6.45) is 4.74. The molecular weight excluding hydrogens is 266 g/mol. The van der Waals surface area contributed by atoms with Crippen LogP contribution in [-0.2, 0) is 4.74 Å². The van der Waals surface area contributed by atoms with Crippen molar-refractivity contribution in [2.24, 2.45) is 0 Å². The Hall–Kier alpha value is -1.55. The summed E-state index contributed by atoms with van der Waals surface area (Å²) in [4.78, 5) is 14.9. The van der Waals surface area contributed by atoms with Gasteiger partial charge in [-0.25, -0.2) is 0 Å². The first-order valence-corrected chi connectivity index (χ1v) is 7.90. The molecule has 1 aromatic carbocycles. The zero-order chi connectivity index (χ0) is 14.4. The van der Waals surface area contributed by atoms with E-state index in [1.807, 2.05) is 30.0 Å². The van der Waals surface area contributed by atoms with E-state index in [1.54, 1.807) is 0 Å². The van der Waals surface area contributed by atoms with Crippen molar-refractivity contribution in [3.63, 3.8) is 0 Å². The SMILES string of the molecule is Cc1ccc(C(=O)N2C3CCC2COC3)cc1OC1CC1. The van der Waals surface area contributed by atoms with Crippen molar-refractivity contribution < 1.29 is 14.3 Å². The van der Waals surface area contributed by atoms with Crippen LogP contribution in [0.5, 0.6) is 5.75 Å². The largest absolute Gasteiger partial charge is 0.490 e. The lowest BCUT2D eigenvalue weighted by molar-refractivity contribution is -0.00717. The van der Waals surface area contributed by atoms with Gasteiger partial charge in [-0.15, -0.1) is 0 Å². The second-order valence-electron chi connectivity index (χ2n) is 6.43. The average Bonchev–Trinajstić information content (AvgIpc) is 3.26. The van der Waals surface area contributed by atoms with Crippen molar-refractivity contribution in [3.05, 3.63) is 29.3 Å². The van der Waals surface area contributed by atoms with E-state index < -0.39 is 0 Å². The van der Waals surface area contributed by atoms with Crippen LogP contribution in [0.4, 0.5) is 0 Å². The number of fused-ring (bicyclic) bond motifs is 2. The number of carbonyl (C=O) groups is 1. The third kappa shape index (κ3) is 2.42. The maximum Gasteiger partial charge on any atom is 0.254 e. The molecule has 2 atom stereocenters. The van der Waals surface area contributed by atoms with Crippen molar-refractivity contribution in [3.8, 4) is 5.75 Å². The number of hydrogen-bond donors (Lipinski definition) is 0. The standard InChI is InChI=1S/C17H21NO3/c1-11-2-3-12(8-16(11)21-15-6-7-15)17(19)18-13-4-5-14(18)10-20-9-13/h2-3,8,13-15H,4-7,9-10H2,1H3. The first kappa shape index (κ1) is 13.1. The number of morpholine rings is 1. The second kappa shape index (κ2) is 5.02. The van der Waals surface area contributed by atoms with Crippen LogP contribution in [0.15, 0.2) is 18.2 Å². The van der Waals surface area contributed by atoms with E-state index >= 15 is 0 Å². The topological polar surface area (TPSA) is 38.8 Å². The van der Waals surface area contributed by atoms with Gasteiger partial charge >= 0.3 is 0 Å². The van der Waals surface area contributed by atoms with Crippen LogP contribution < -0.4 is 4.74 Å². The normalized spacial score (nSPS) is 27.8. The summed E-state index contributed by atoms with van der Waals surface area (Å²) < 4.78 is 11.5. The quantitative estimate of drug-likeness (QED) is 0.857. The minimum Gasteiger partial charge on any atom is -0.490 e.